The first-order chi connectivity index (χ1) is 6.36. The summed E-state index contributed by atoms with van der Waals surface area (Å²) < 4.78 is 0. The first-order valence-corrected chi connectivity index (χ1v) is 4.97. The molecule has 1 saturated carbocycles. The van der Waals surface area contributed by atoms with E-state index in [1.807, 2.05) is 6.07 Å². The van der Waals surface area contributed by atoms with Gasteiger partial charge in [0, 0.05) is 12.3 Å². The molecule has 0 unspecified atom stereocenters. The third-order valence-corrected chi connectivity index (χ3v) is 3.45. The predicted octanol–water partition coefficient (Wildman–Crippen LogP) is 2.31. The maximum Gasteiger partial charge on any atom is 0.140 e. The average molecular weight is 172 g/mol. The van der Waals surface area contributed by atoms with Crippen LogP contribution in [0.1, 0.15) is 29.9 Å². The molecule has 13 heavy (non-hydrogen) atoms. The number of carbonyl (C=O) groups excluding carboxylic acids is 1. The van der Waals surface area contributed by atoms with Crippen LogP contribution in [0.5, 0.6) is 0 Å². The molecule has 2 aliphatic carbocycles. The minimum Gasteiger partial charge on any atom is -0.299 e. The quantitative estimate of drug-likeness (QED) is 0.587. The number of ketones is 1. The van der Waals surface area contributed by atoms with Crippen molar-refractivity contribution in [3.05, 3.63) is 35.4 Å². The van der Waals surface area contributed by atoms with Crippen molar-refractivity contribution in [1.29, 1.82) is 0 Å². The van der Waals surface area contributed by atoms with Gasteiger partial charge in [-0.2, -0.15) is 0 Å². The molecule has 3 rings (SSSR count). The fourth-order valence-corrected chi connectivity index (χ4v) is 2.87. The summed E-state index contributed by atoms with van der Waals surface area (Å²) in [6.07, 6.45) is 3.05. The van der Waals surface area contributed by atoms with Crippen LogP contribution in [0, 0.1) is 5.92 Å². The van der Waals surface area contributed by atoms with Gasteiger partial charge in [-0.05, 0) is 29.9 Å². The first-order valence-electron chi connectivity index (χ1n) is 4.97. The van der Waals surface area contributed by atoms with E-state index >= 15 is 0 Å². The van der Waals surface area contributed by atoms with Gasteiger partial charge >= 0.3 is 0 Å². The van der Waals surface area contributed by atoms with Crippen LogP contribution in [0.15, 0.2) is 24.3 Å². The Balaban J connectivity index is 2.13. The third kappa shape index (κ3) is 0.902. The van der Waals surface area contributed by atoms with Gasteiger partial charge in [0.15, 0.2) is 0 Å². The van der Waals surface area contributed by atoms with E-state index < -0.39 is 0 Å². The SMILES string of the molecule is O=C1CC[C@@H]2Cc3ccccc3[C@@H]12. The molecule has 1 aromatic rings. The summed E-state index contributed by atoms with van der Waals surface area (Å²) in [5.74, 6) is 1.36. The van der Waals surface area contributed by atoms with E-state index in [1.165, 1.54) is 11.1 Å². The van der Waals surface area contributed by atoms with Gasteiger partial charge in [0.2, 0.25) is 0 Å². The van der Waals surface area contributed by atoms with Crippen molar-refractivity contribution in [2.24, 2.45) is 5.92 Å². The number of fused-ring (bicyclic) bond motifs is 3. The molecule has 0 amide bonds. The smallest absolute Gasteiger partial charge is 0.140 e. The molecule has 2 atom stereocenters. The molecule has 0 aliphatic heterocycles. The lowest BCUT2D eigenvalue weighted by Gasteiger charge is -2.06. The molecule has 0 radical (unpaired) electrons. The summed E-state index contributed by atoms with van der Waals surface area (Å²) in [4.78, 5) is 11.6. The Bertz CT molecular complexity index is 367. The molecule has 1 aromatic carbocycles. The minimum absolute atomic E-state index is 0.260. The molecule has 66 valence electrons. The summed E-state index contributed by atoms with van der Waals surface area (Å²) in [7, 11) is 0. The van der Waals surface area contributed by atoms with Crippen molar-refractivity contribution in [2.45, 2.75) is 25.2 Å². The number of carbonyl (C=O) groups is 1. The van der Waals surface area contributed by atoms with Crippen LogP contribution in [0.3, 0.4) is 0 Å². The third-order valence-electron chi connectivity index (χ3n) is 3.45. The van der Waals surface area contributed by atoms with Crippen molar-refractivity contribution in [3.8, 4) is 0 Å². The van der Waals surface area contributed by atoms with E-state index in [0.717, 1.165) is 19.3 Å². The van der Waals surface area contributed by atoms with Crippen molar-refractivity contribution in [3.63, 3.8) is 0 Å². The van der Waals surface area contributed by atoms with Gasteiger partial charge in [-0.1, -0.05) is 24.3 Å². The predicted molar refractivity (Wildman–Crippen MR) is 50.6 cm³/mol. The van der Waals surface area contributed by atoms with E-state index in [9.17, 15) is 4.79 Å². The lowest BCUT2D eigenvalue weighted by atomic mass is 9.96. The van der Waals surface area contributed by atoms with E-state index in [4.69, 9.17) is 0 Å². The Labute approximate surface area is 77.8 Å². The molecule has 1 fully saturated rings. The fraction of sp³-hybridized carbons (Fsp3) is 0.417. The van der Waals surface area contributed by atoms with Crippen molar-refractivity contribution in [1.82, 2.24) is 0 Å². The highest BCUT2D eigenvalue weighted by atomic mass is 16.1. The molecule has 0 spiro atoms. The van der Waals surface area contributed by atoms with E-state index in [-0.39, 0.29) is 5.92 Å². The van der Waals surface area contributed by atoms with E-state index in [0.29, 0.717) is 11.7 Å². The summed E-state index contributed by atoms with van der Waals surface area (Å²) in [5, 5.41) is 0. The van der Waals surface area contributed by atoms with Gasteiger partial charge in [0.05, 0.1) is 0 Å². The zero-order valence-electron chi connectivity index (χ0n) is 7.49. The monoisotopic (exact) mass is 172 g/mol. The Morgan fingerprint density at radius 1 is 1.23 bits per heavy atom. The van der Waals surface area contributed by atoms with Gasteiger partial charge in [-0.25, -0.2) is 0 Å². The number of hydrogen-bond donors (Lipinski definition) is 0. The normalized spacial score (nSPS) is 30.3. The van der Waals surface area contributed by atoms with Crippen molar-refractivity contribution < 1.29 is 4.79 Å². The van der Waals surface area contributed by atoms with E-state index in [1.54, 1.807) is 0 Å². The molecule has 0 saturated heterocycles. The maximum absolute atomic E-state index is 11.6. The second-order valence-corrected chi connectivity index (χ2v) is 4.15. The van der Waals surface area contributed by atoms with Gasteiger partial charge in [0.1, 0.15) is 5.78 Å². The molecule has 0 bridgehead atoms. The summed E-state index contributed by atoms with van der Waals surface area (Å²) in [5.41, 5.74) is 2.72. The summed E-state index contributed by atoms with van der Waals surface area (Å²) in [6.45, 7) is 0. The lowest BCUT2D eigenvalue weighted by Crippen LogP contribution is -2.06. The Kier molecular flexibility index (Phi) is 1.37. The molecular formula is C12H12O. The second-order valence-electron chi connectivity index (χ2n) is 4.15. The minimum atomic E-state index is 0.260. The Morgan fingerprint density at radius 3 is 3.00 bits per heavy atom. The highest BCUT2D eigenvalue weighted by Gasteiger charge is 2.41. The largest absolute Gasteiger partial charge is 0.299 e. The van der Waals surface area contributed by atoms with Crippen LogP contribution in [-0.2, 0) is 11.2 Å². The van der Waals surface area contributed by atoms with Gasteiger partial charge in [-0.3, -0.25) is 4.79 Å². The Morgan fingerprint density at radius 2 is 2.08 bits per heavy atom. The molecule has 1 heteroatoms. The van der Waals surface area contributed by atoms with Crippen LogP contribution in [-0.4, -0.2) is 5.78 Å². The van der Waals surface area contributed by atoms with Gasteiger partial charge < -0.3 is 0 Å². The van der Waals surface area contributed by atoms with Crippen LogP contribution in [0.2, 0.25) is 0 Å². The number of benzene rings is 1. The van der Waals surface area contributed by atoms with Crippen LogP contribution < -0.4 is 0 Å². The second kappa shape index (κ2) is 2.44. The fourth-order valence-electron chi connectivity index (χ4n) is 2.87. The van der Waals surface area contributed by atoms with E-state index in [2.05, 4.69) is 18.2 Å². The zero-order valence-corrected chi connectivity index (χ0v) is 7.49. The zero-order chi connectivity index (χ0) is 8.84. The van der Waals surface area contributed by atoms with Crippen LogP contribution in [0.25, 0.3) is 0 Å². The highest BCUT2D eigenvalue weighted by molar-refractivity contribution is 5.89. The molecule has 0 N–H and O–H groups in total. The standard InChI is InChI=1S/C12H12O/c13-11-6-5-9-7-8-3-1-2-4-10(8)12(9)11/h1-4,9,12H,5-7H2/t9-,12+/m1/s1. The molecule has 0 heterocycles. The first kappa shape index (κ1) is 7.31. The maximum atomic E-state index is 11.6. The van der Waals surface area contributed by atoms with Crippen molar-refractivity contribution in [2.75, 3.05) is 0 Å². The molecular weight excluding hydrogens is 160 g/mol. The number of rotatable bonds is 0. The van der Waals surface area contributed by atoms with Crippen LogP contribution >= 0.6 is 0 Å². The number of hydrogen-bond acceptors (Lipinski definition) is 1. The highest BCUT2D eigenvalue weighted by Crippen LogP contribution is 2.45. The molecule has 1 nitrogen and oxygen atoms in total. The average Bonchev–Trinajstić information content (AvgIpc) is 2.66. The molecule has 2 aliphatic rings. The van der Waals surface area contributed by atoms with Gasteiger partial charge in [-0.15, -0.1) is 0 Å². The number of Topliss-reactive ketones (excluding diaryl/α,β-unsaturated/α-hetero) is 1. The topological polar surface area (TPSA) is 17.1 Å². The molecule has 0 aromatic heterocycles. The van der Waals surface area contributed by atoms with Gasteiger partial charge in [0.25, 0.3) is 0 Å². The Hall–Kier alpha value is -1.11. The summed E-state index contributed by atoms with van der Waals surface area (Å²) >= 11 is 0. The summed E-state index contributed by atoms with van der Waals surface area (Å²) in [6, 6.07) is 8.42. The van der Waals surface area contributed by atoms with Crippen molar-refractivity contribution >= 4 is 5.78 Å². The van der Waals surface area contributed by atoms with Crippen LogP contribution in [0.4, 0.5) is 0 Å². The lowest BCUT2D eigenvalue weighted by molar-refractivity contribution is -0.118.